The van der Waals surface area contributed by atoms with E-state index in [2.05, 4.69) is 10.3 Å². The van der Waals surface area contributed by atoms with E-state index in [9.17, 15) is 14.0 Å². The Hall–Kier alpha value is -2.76. The number of nitrogens with one attached hydrogen (secondary N) is 1. The standard InChI is InChI=1S/C18H20FN3O2/c1-22(13-9-15-6-10-20-11-7-15)18(24)17(23)21-12-8-14-2-4-16(19)5-3-14/h2-7,10-11H,8-9,12-13H2,1H3,(H,21,23). The van der Waals surface area contributed by atoms with E-state index in [0.717, 1.165) is 11.1 Å². The minimum absolute atomic E-state index is 0.297. The molecular weight excluding hydrogens is 309 g/mol. The van der Waals surface area contributed by atoms with Crippen LogP contribution in [0.15, 0.2) is 48.8 Å². The van der Waals surface area contributed by atoms with Crippen LogP contribution in [0.5, 0.6) is 0 Å². The van der Waals surface area contributed by atoms with Crippen LogP contribution in [0.1, 0.15) is 11.1 Å². The number of carbonyl (C=O) groups is 2. The molecule has 24 heavy (non-hydrogen) atoms. The quantitative estimate of drug-likeness (QED) is 0.819. The number of amides is 2. The van der Waals surface area contributed by atoms with Gasteiger partial charge in [0.15, 0.2) is 0 Å². The van der Waals surface area contributed by atoms with E-state index in [1.165, 1.54) is 17.0 Å². The summed E-state index contributed by atoms with van der Waals surface area (Å²) in [6, 6.07) is 9.81. The Kier molecular flexibility index (Phi) is 6.42. The predicted molar refractivity (Wildman–Crippen MR) is 88.7 cm³/mol. The highest BCUT2D eigenvalue weighted by atomic mass is 19.1. The first kappa shape index (κ1) is 17.6. The van der Waals surface area contributed by atoms with Gasteiger partial charge in [0, 0.05) is 32.5 Å². The molecule has 0 saturated heterocycles. The van der Waals surface area contributed by atoms with Gasteiger partial charge in [-0.25, -0.2) is 4.39 Å². The molecule has 1 heterocycles. The smallest absolute Gasteiger partial charge is 0.311 e. The fourth-order valence-electron chi connectivity index (χ4n) is 2.17. The molecule has 0 fully saturated rings. The lowest BCUT2D eigenvalue weighted by molar-refractivity contribution is -0.144. The number of benzene rings is 1. The molecule has 0 aliphatic rings. The van der Waals surface area contributed by atoms with Crippen molar-refractivity contribution in [1.29, 1.82) is 0 Å². The van der Waals surface area contributed by atoms with Crippen LogP contribution in [0.25, 0.3) is 0 Å². The third-order valence-corrected chi connectivity index (χ3v) is 3.64. The van der Waals surface area contributed by atoms with Gasteiger partial charge in [-0.2, -0.15) is 0 Å². The summed E-state index contributed by atoms with van der Waals surface area (Å²) in [5.74, 6) is -1.49. The molecule has 5 nitrogen and oxygen atoms in total. The first-order valence-corrected chi connectivity index (χ1v) is 7.73. The lowest BCUT2D eigenvalue weighted by Crippen LogP contribution is -2.42. The number of likely N-dealkylation sites (N-methyl/N-ethyl adjacent to an activating group) is 1. The van der Waals surface area contributed by atoms with Crippen molar-refractivity contribution in [3.05, 3.63) is 65.7 Å². The zero-order valence-electron chi connectivity index (χ0n) is 13.5. The van der Waals surface area contributed by atoms with Gasteiger partial charge in [0.25, 0.3) is 0 Å². The molecule has 1 aromatic carbocycles. The van der Waals surface area contributed by atoms with Gasteiger partial charge in [-0.3, -0.25) is 14.6 Å². The molecular formula is C18H20FN3O2. The van der Waals surface area contributed by atoms with Crippen molar-refractivity contribution >= 4 is 11.8 Å². The van der Waals surface area contributed by atoms with E-state index in [0.29, 0.717) is 25.9 Å². The maximum absolute atomic E-state index is 12.8. The normalized spacial score (nSPS) is 10.2. The number of rotatable bonds is 6. The first-order valence-electron chi connectivity index (χ1n) is 7.73. The monoisotopic (exact) mass is 329 g/mol. The minimum Gasteiger partial charge on any atom is -0.347 e. The fraction of sp³-hybridized carbons (Fsp3) is 0.278. The molecule has 0 aliphatic heterocycles. The Morgan fingerprint density at radius 2 is 1.67 bits per heavy atom. The van der Waals surface area contributed by atoms with Crippen molar-refractivity contribution < 1.29 is 14.0 Å². The molecule has 126 valence electrons. The van der Waals surface area contributed by atoms with Crippen LogP contribution < -0.4 is 5.32 Å². The van der Waals surface area contributed by atoms with Gasteiger partial charge in [-0.05, 0) is 48.2 Å². The van der Waals surface area contributed by atoms with Gasteiger partial charge in [0.2, 0.25) is 0 Å². The van der Waals surface area contributed by atoms with Crippen LogP contribution >= 0.6 is 0 Å². The summed E-state index contributed by atoms with van der Waals surface area (Å²) in [6.45, 7) is 0.780. The number of aromatic nitrogens is 1. The lowest BCUT2D eigenvalue weighted by atomic mass is 10.1. The number of nitrogens with zero attached hydrogens (tertiary/aromatic N) is 2. The largest absolute Gasteiger partial charge is 0.347 e. The van der Waals surface area contributed by atoms with E-state index in [-0.39, 0.29) is 5.82 Å². The van der Waals surface area contributed by atoms with E-state index < -0.39 is 11.8 Å². The Bertz CT molecular complexity index is 674. The summed E-state index contributed by atoms with van der Waals surface area (Å²) in [5.41, 5.74) is 1.96. The number of hydrogen-bond donors (Lipinski definition) is 1. The molecule has 2 aromatic rings. The van der Waals surface area contributed by atoms with E-state index >= 15 is 0 Å². The molecule has 2 rings (SSSR count). The Morgan fingerprint density at radius 1 is 1.04 bits per heavy atom. The molecule has 1 aromatic heterocycles. The predicted octanol–water partition coefficient (Wildman–Crippen LogP) is 1.58. The van der Waals surface area contributed by atoms with Crippen LogP contribution in [-0.4, -0.2) is 41.8 Å². The SMILES string of the molecule is CN(CCc1ccncc1)C(=O)C(=O)NCCc1ccc(F)cc1. The van der Waals surface area contributed by atoms with Crippen LogP contribution in [0.4, 0.5) is 4.39 Å². The molecule has 0 unspecified atom stereocenters. The fourth-order valence-corrected chi connectivity index (χ4v) is 2.17. The maximum Gasteiger partial charge on any atom is 0.311 e. The second kappa shape index (κ2) is 8.76. The maximum atomic E-state index is 12.8. The Labute approximate surface area is 140 Å². The van der Waals surface area contributed by atoms with Crippen LogP contribution in [-0.2, 0) is 22.4 Å². The van der Waals surface area contributed by atoms with Crippen molar-refractivity contribution in [3.8, 4) is 0 Å². The summed E-state index contributed by atoms with van der Waals surface area (Å²) in [4.78, 5) is 29.2. The molecule has 0 spiro atoms. The first-order chi connectivity index (χ1) is 11.6. The minimum atomic E-state index is -0.630. The molecule has 0 atom stereocenters. The van der Waals surface area contributed by atoms with Crippen LogP contribution in [0.3, 0.4) is 0 Å². The third kappa shape index (κ3) is 5.46. The third-order valence-electron chi connectivity index (χ3n) is 3.64. The van der Waals surface area contributed by atoms with Crippen molar-refractivity contribution in [3.63, 3.8) is 0 Å². The summed E-state index contributed by atoms with van der Waals surface area (Å²) in [6.07, 6.45) is 4.59. The van der Waals surface area contributed by atoms with E-state index in [1.807, 2.05) is 12.1 Å². The van der Waals surface area contributed by atoms with Gasteiger partial charge in [-0.15, -0.1) is 0 Å². The average molecular weight is 329 g/mol. The van der Waals surface area contributed by atoms with Crippen molar-refractivity contribution in [2.45, 2.75) is 12.8 Å². The van der Waals surface area contributed by atoms with Crippen molar-refractivity contribution in [1.82, 2.24) is 15.2 Å². The van der Waals surface area contributed by atoms with Gasteiger partial charge in [0.1, 0.15) is 5.82 Å². The molecule has 2 amide bonds. The number of pyridine rings is 1. The number of halogens is 1. The topological polar surface area (TPSA) is 62.3 Å². The molecule has 1 N–H and O–H groups in total. The highest BCUT2D eigenvalue weighted by Gasteiger charge is 2.17. The zero-order chi connectivity index (χ0) is 17.4. The second-order valence-electron chi connectivity index (χ2n) is 5.46. The molecule has 6 heteroatoms. The molecule has 0 saturated carbocycles. The highest BCUT2D eigenvalue weighted by Crippen LogP contribution is 2.03. The highest BCUT2D eigenvalue weighted by molar-refractivity contribution is 6.34. The zero-order valence-corrected chi connectivity index (χ0v) is 13.5. The Morgan fingerprint density at radius 3 is 2.33 bits per heavy atom. The van der Waals surface area contributed by atoms with Crippen molar-refractivity contribution in [2.75, 3.05) is 20.1 Å². The number of carbonyl (C=O) groups excluding carboxylic acids is 2. The summed E-state index contributed by atoms with van der Waals surface area (Å²) < 4.78 is 12.8. The molecule has 0 radical (unpaired) electrons. The van der Waals surface area contributed by atoms with E-state index in [1.54, 1.807) is 31.6 Å². The van der Waals surface area contributed by atoms with Gasteiger partial charge in [-0.1, -0.05) is 12.1 Å². The number of hydrogen-bond acceptors (Lipinski definition) is 3. The Balaban J connectivity index is 1.72. The van der Waals surface area contributed by atoms with Gasteiger partial charge in [0.05, 0.1) is 0 Å². The molecule has 0 bridgehead atoms. The molecule has 0 aliphatic carbocycles. The second-order valence-corrected chi connectivity index (χ2v) is 5.46. The lowest BCUT2D eigenvalue weighted by Gasteiger charge is -2.16. The van der Waals surface area contributed by atoms with Gasteiger partial charge < -0.3 is 10.2 Å². The summed E-state index contributed by atoms with van der Waals surface area (Å²) in [5, 5.41) is 2.59. The van der Waals surface area contributed by atoms with Crippen LogP contribution in [0, 0.1) is 5.82 Å². The summed E-state index contributed by atoms with van der Waals surface area (Å²) in [7, 11) is 1.60. The van der Waals surface area contributed by atoms with Crippen LogP contribution in [0.2, 0.25) is 0 Å². The van der Waals surface area contributed by atoms with Gasteiger partial charge >= 0.3 is 11.8 Å². The van der Waals surface area contributed by atoms with E-state index in [4.69, 9.17) is 0 Å². The van der Waals surface area contributed by atoms with Crippen molar-refractivity contribution in [2.24, 2.45) is 0 Å². The average Bonchev–Trinajstić information content (AvgIpc) is 2.61. The summed E-state index contributed by atoms with van der Waals surface area (Å²) >= 11 is 0.